The Hall–Kier alpha value is -2.44. The molecule has 3 heterocycles. The molecule has 2 unspecified atom stereocenters. The molecule has 7 nitrogen and oxygen atoms in total. The van der Waals surface area contributed by atoms with Crippen LogP contribution in [0, 0.1) is 17.8 Å². The van der Waals surface area contributed by atoms with E-state index in [1.165, 1.54) is 38.5 Å². The van der Waals surface area contributed by atoms with Crippen molar-refractivity contribution in [1.82, 2.24) is 29.1 Å². The number of nitrogens with zero attached hydrogens (tertiary/aromatic N) is 5. The Bertz CT molecular complexity index is 1160. The molecule has 152 valence electrons. The van der Waals surface area contributed by atoms with Crippen molar-refractivity contribution in [3.05, 3.63) is 34.2 Å². The summed E-state index contributed by atoms with van der Waals surface area (Å²) < 4.78 is 3.53. The van der Waals surface area contributed by atoms with Gasteiger partial charge in [-0.1, -0.05) is 44.3 Å². The summed E-state index contributed by atoms with van der Waals surface area (Å²) in [5, 5.41) is 4.82. The minimum atomic E-state index is -0.0379. The Balaban J connectivity index is 1.46. The molecule has 0 amide bonds. The average molecular weight is 393 g/mol. The van der Waals surface area contributed by atoms with Crippen LogP contribution in [0.5, 0.6) is 0 Å². The van der Waals surface area contributed by atoms with Crippen molar-refractivity contribution in [2.45, 2.75) is 70.8 Å². The molecule has 2 bridgehead atoms. The number of aromatic nitrogens is 6. The second-order valence-corrected chi connectivity index (χ2v) is 9.20. The Kier molecular flexibility index (Phi) is 3.93. The molecule has 3 aromatic heterocycles. The van der Waals surface area contributed by atoms with Crippen LogP contribution in [-0.4, -0.2) is 29.1 Å². The number of aryl methyl sites for hydroxylation is 1. The standard InChI is InChI=1S/C22H28N6O/c1-2-27-21(29)18-20(25-19(24-18)16-11-14-8-9-15(16)10-14)28-22(27)23-17(26-28)12-13-6-4-3-5-7-13/h8-9,13-16H,2-7,10-12H2,1H3,(H,24,25)/t14?,15?,16-/m0/s1. The summed E-state index contributed by atoms with van der Waals surface area (Å²) in [5.74, 6) is 4.66. The molecule has 29 heavy (non-hydrogen) atoms. The first-order valence-electron chi connectivity index (χ1n) is 11.3. The Morgan fingerprint density at radius 2 is 2.00 bits per heavy atom. The van der Waals surface area contributed by atoms with Crippen molar-refractivity contribution < 1.29 is 0 Å². The smallest absolute Gasteiger partial charge is 0.281 e. The van der Waals surface area contributed by atoms with Gasteiger partial charge >= 0.3 is 0 Å². The minimum absolute atomic E-state index is 0.0379. The zero-order valence-electron chi connectivity index (χ0n) is 17.0. The summed E-state index contributed by atoms with van der Waals surface area (Å²) in [6, 6.07) is 0. The zero-order chi connectivity index (χ0) is 19.5. The van der Waals surface area contributed by atoms with Gasteiger partial charge in [-0.05, 0) is 37.5 Å². The molecule has 3 atom stereocenters. The van der Waals surface area contributed by atoms with Crippen molar-refractivity contribution >= 4 is 16.9 Å². The van der Waals surface area contributed by atoms with Crippen LogP contribution >= 0.6 is 0 Å². The predicted molar refractivity (Wildman–Crippen MR) is 111 cm³/mol. The van der Waals surface area contributed by atoms with Crippen LogP contribution in [-0.2, 0) is 13.0 Å². The van der Waals surface area contributed by atoms with Gasteiger partial charge < -0.3 is 4.98 Å². The van der Waals surface area contributed by atoms with Gasteiger partial charge in [0, 0.05) is 18.9 Å². The van der Waals surface area contributed by atoms with Crippen LogP contribution in [0.4, 0.5) is 0 Å². The molecular weight excluding hydrogens is 364 g/mol. The van der Waals surface area contributed by atoms with Gasteiger partial charge in [0.25, 0.3) is 5.56 Å². The highest BCUT2D eigenvalue weighted by atomic mass is 16.1. The molecular formula is C22H28N6O. The highest BCUT2D eigenvalue weighted by molar-refractivity contribution is 5.72. The maximum absolute atomic E-state index is 13.2. The predicted octanol–water partition coefficient (Wildman–Crippen LogP) is 3.59. The van der Waals surface area contributed by atoms with E-state index in [-0.39, 0.29) is 5.56 Å². The monoisotopic (exact) mass is 392 g/mol. The summed E-state index contributed by atoms with van der Waals surface area (Å²) in [6.07, 6.45) is 14.4. The quantitative estimate of drug-likeness (QED) is 0.688. The van der Waals surface area contributed by atoms with Crippen molar-refractivity contribution in [2.24, 2.45) is 17.8 Å². The van der Waals surface area contributed by atoms with Crippen LogP contribution in [0.25, 0.3) is 16.9 Å². The Labute approximate surface area is 169 Å². The SMILES string of the molecule is CCn1c(=O)c2[nH]c([C@H]3CC4C=CC3C4)nc2n2nc(CC3CCCCC3)nc12. The maximum Gasteiger partial charge on any atom is 0.281 e. The number of rotatable bonds is 4. The Morgan fingerprint density at radius 3 is 2.72 bits per heavy atom. The average Bonchev–Trinajstić information content (AvgIpc) is 3.51. The third-order valence-electron chi connectivity index (χ3n) is 7.38. The molecule has 3 aromatic rings. The summed E-state index contributed by atoms with van der Waals surface area (Å²) in [5.41, 5.74) is 1.16. The van der Waals surface area contributed by atoms with Gasteiger partial charge in [-0.15, -0.1) is 5.10 Å². The topological polar surface area (TPSA) is 80.9 Å². The first-order chi connectivity index (χ1) is 14.2. The molecule has 0 spiro atoms. The summed E-state index contributed by atoms with van der Waals surface area (Å²) in [6.45, 7) is 2.56. The molecule has 2 fully saturated rings. The number of hydrogen-bond donors (Lipinski definition) is 1. The summed E-state index contributed by atoms with van der Waals surface area (Å²) in [4.78, 5) is 26.2. The normalized spacial score (nSPS) is 27.0. The number of aromatic amines is 1. The minimum Gasteiger partial charge on any atom is -0.336 e. The van der Waals surface area contributed by atoms with E-state index in [4.69, 9.17) is 15.1 Å². The zero-order valence-corrected chi connectivity index (χ0v) is 17.0. The number of imidazole rings is 1. The molecule has 0 aromatic carbocycles. The van der Waals surface area contributed by atoms with E-state index in [2.05, 4.69) is 17.1 Å². The number of H-pyrrole nitrogens is 1. The molecule has 7 heteroatoms. The molecule has 3 aliphatic rings. The molecule has 0 aliphatic heterocycles. The summed E-state index contributed by atoms with van der Waals surface area (Å²) in [7, 11) is 0. The lowest BCUT2D eigenvalue weighted by atomic mass is 9.87. The summed E-state index contributed by atoms with van der Waals surface area (Å²) >= 11 is 0. The third-order valence-corrected chi connectivity index (χ3v) is 7.38. The lowest BCUT2D eigenvalue weighted by Gasteiger charge is -2.19. The molecule has 2 saturated carbocycles. The van der Waals surface area contributed by atoms with Crippen LogP contribution in [0.3, 0.4) is 0 Å². The van der Waals surface area contributed by atoms with Gasteiger partial charge in [0.2, 0.25) is 5.78 Å². The van der Waals surface area contributed by atoms with Crippen molar-refractivity contribution in [3.8, 4) is 0 Å². The van der Waals surface area contributed by atoms with Crippen LogP contribution < -0.4 is 5.56 Å². The number of fused-ring (bicyclic) bond motifs is 5. The van der Waals surface area contributed by atoms with E-state index in [0.29, 0.717) is 47.2 Å². The van der Waals surface area contributed by atoms with Crippen molar-refractivity contribution in [2.75, 3.05) is 0 Å². The second-order valence-electron chi connectivity index (χ2n) is 9.20. The molecule has 0 radical (unpaired) electrons. The first kappa shape index (κ1) is 17.4. The fourth-order valence-corrected chi connectivity index (χ4v) is 5.86. The van der Waals surface area contributed by atoms with E-state index in [9.17, 15) is 4.79 Å². The molecule has 6 rings (SSSR count). The van der Waals surface area contributed by atoms with Gasteiger partial charge in [-0.2, -0.15) is 9.50 Å². The number of nitrogens with one attached hydrogen (secondary N) is 1. The van der Waals surface area contributed by atoms with E-state index < -0.39 is 0 Å². The van der Waals surface area contributed by atoms with E-state index in [0.717, 1.165) is 24.5 Å². The fraction of sp³-hybridized carbons (Fsp3) is 0.636. The van der Waals surface area contributed by atoms with Crippen LogP contribution in [0.1, 0.15) is 69.4 Å². The van der Waals surface area contributed by atoms with Gasteiger partial charge in [0.1, 0.15) is 5.82 Å². The first-order valence-corrected chi connectivity index (χ1v) is 11.3. The molecule has 1 N–H and O–H groups in total. The van der Waals surface area contributed by atoms with Gasteiger partial charge in [-0.3, -0.25) is 9.36 Å². The van der Waals surface area contributed by atoms with E-state index >= 15 is 0 Å². The highest BCUT2D eigenvalue weighted by Crippen LogP contribution is 2.48. The van der Waals surface area contributed by atoms with Crippen LogP contribution in [0.15, 0.2) is 16.9 Å². The van der Waals surface area contributed by atoms with Crippen LogP contribution in [0.2, 0.25) is 0 Å². The lowest BCUT2D eigenvalue weighted by molar-refractivity contribution is 0.351. The number of hydrogen-bond acceptors (Lipinski definition) is 4. The third kappa shape index (κ3) is 2.69. The highest BCUT2D eigenvalue weighted by Gasteiger charge is 2.38. The van der Waals surface area contributed by atoms with Crippen molar-refractivity contribution in [3.63, 3.8) is 0 Å². The lowest BCUT2D eigenvalue weighted by Crippen LogP contribution is -2.22. The maximum atomic E-state index is 13.2. The van der Waals surface area contributed by atoms with E-state index in [1.807, 2.05) is 6.92 Å². The molecule has 3 aliphatic carbocycles. The van der Waals surface area contributed by atoms with Gasteiger partial charge in [0.15, 0.2) is 17.0 Å². The number of allylic oxidation sites excluding steroid dienone is 2. The largest absolute Gasteiger partial charge is 0.336 e. The van der Waals surface area contributed by atoms with Gasteiger partial charge in [-0.25, -0.2) is 4.98 Å². The van der Waals surface area contributed by atoms with E-state index in [1.54, 1.807) is 9.08 Å². The van der Waals surface area contributed by atoms with Gasteiger partial charge in [0.05, 0.1) is 0 Å². The fourth-order valence-electron chi connectivity index (χ4n) is 5.86. The molecule has 0 saturated heterocycles. The Morgan fingerprint density at radius 1 is 1.14 bits per heavy atom. The second kappa shape index (κ2) is 6.54. The van der Waals surface area contributed by atoms with Crippen molar-refractivity contribution in [1.29, 1.82) is 0 Å².